The third kappa shape index (κ3) is 4.18. The molecular weight excluding hydrogens is 142 g/mol. The third-order valence-electron chi connectivity index (χ3n) is 0.934. The van der Waals surface area contributed by atoms with E-state index in [9.17, 15) is 4.79 Å². The van der Waals surface area contributed by atoms with Gasteiger partial charge in [-0.25, -0.2) is 5.06 Å². The quantitative estimate of drug-likeness (QED) is 0.336. The van der Waals surface area contributed by atoms with Crippen LogP contribution in [0.1, 0.15) is 6.92 Å². The molecule has 0 aromatic heterocycles. The molecule has 0 aromatic carbocycles. The zero-order valence-electron chi connectivity index (χ0n) is 6.54. The normalized spacial score (nSPS) is 8.36. The first-order valence-electron chi connectivity index (χ1n) is 3.17. The molecule has 0 heterocycles. The number of carbonyl (C=O) groups is 1. The predicted octanol–water partition coefficient (Wildman–Crippen LogP) is 0.586. The summed E-state index contributed by atoms with van der Waals surface area (Å²) in [6, 6.07) is 0. The van der Waals surface area contributed by atoms with Crippen molar-refractivity contribution in [1.29, 1.82) is 0 Å². The molecule has 1 amide bonds. The largest absolute Gasteiger partial charge is 0.273 e. The van der Waals surface area contributed by atoms with E-state index in [0.29, 0.717) is 6.61 Å². The van der Waals surface area contributed by atoms with Gasteiger partial charge in [-0.1, -0.05) is 12.0 Å². The van der Waals surface area contributed by atoms with Gasteiger partial charge in [-0.05, 0) is 0 Å². The molecule has 0 aliphatic rings. The molecule has 0 saturated carbocycles. The second kappa shape index (κ2) is 5.51. The maximum atomic E-state index is 10.7. The molecule has 0 aliphatic heterocycles. The molecule has 11 heavy (non-hydrogen) atoms. The van der Waals surface area contributed by atoms with Crippen molar-refractivity contribution in [1.82, 2.24) is 5.06 Å². The molecule has 60 valence electrons. The summed E-state index contributed by atoms with van der Waals surface area (Å²) in [5.74, 6) is 2.10. The van der Waals surface area contributed by atoms with Gasteiger partial charge in [0.05, 0.1) is 6.61 Å². The number of carbonyl (C=O) groups excluding carboxylic acids is 1. The van der Waals surface area contributed by atoms with Gasteiger partial charge in [-0.3, -0.25) is 9.63 Å². The highest BCUT2D eigenvalue weighted by atomic mass is 16.7. The van der Waals surface area contributed by atoms with Crippen LogP contribution in [-0.4, -0.2) is 24.1 Å². The first-order chi connectivity index (χ1) is 5.22. The van der Waals surface area contributed by atoms with Crippen LogP contribution >= 0.6 is 0 Å². The highest BCUT2D eigenvalue weighted by Crippen LogP contribution is 1.89. The molecule has 0 radical (unpaired) electrons. The van der Waals surface area contributed by atoms with E-state index in [4.69, 9.17) is 11.3 Å². The van der Waals surface area contributed by atoms with Gasteiger partial charge < -0.3 is 0 Å². The SMILES string of the molecule is C#CCN(OCC=C)C(C)=O. The fourth-order valence-corrected chi connectivity index (χ4v) is 0.473. The minimum absolute atomic E-state index is 0.170. The Morgan fingerprint density at radius 1 is 1.91 bits per heavy atom. The maximum Gasteiger partial charge on any atom is 0.243 e. The van der Waals surface area contributed by atoms with Crippen LogP contribution in [-0.2, 0) is 9.63 Å². The zero-order chi connectivity index (χ0) is 8.69. The third-order valence-corrected chi connectivity index (χ3v) is 0.934. The van der Waals surface area contributed by atoms with Crippen LogP contribution in [0.25, 0.3) is 0 Å². The van der Waals surface area contributed by atoms with E-state index in [1.54, 1.807) is 6.08 Å². The highest BCUT2D eigenvalue weighted by molar-refractivity contribution is 5.72. The van der Waals surface area contributed by atoms with Crippen LogP contribution in [0, 0.1) is 12.3 Å². The molecule has 0 bridgehead atoms. The number of hydroxylamine groups is 2. The van der Waals surface area contributed by atoms with Crippen molar-refractivity contribution >= 4 is 5.91 Å². The Balaban J connectivity index is 3.80. The number of hydrogen-bond acceptors (Lipinski definition) is 2. The average molecular weight is 153 g/mol. The highest BCUT2D eigenvalue weighted by Gasteiger charge is 2.04. The Hall–Kier alpha value is -1.27. The van der Waals surface area contributed by atoms with Crippen LogP contribution in [0.15, 0.2) is 12.7 Å². The smallest absolute Gasteiger partial charge is 0.243 e. The van der Waals surface area contributed by atoms with Crippen molar-refractivity contribution in [2.45, 2.75) is 6.92 Å². The second-order valence-corrected chi connectivity index (χ2v) is 1.84. The fraction of sp³-hybridized carbons (Fsp3) is 0.375. The van der Waals surface area contributed by atoms with Gasteiger partial charge in [0.2, 0.25) is 5.91 Å². The molecule has 0 spiro atoms. The monoisotopic (exact) mass is 153 g/mol. The van der Waals surface area contributed by atoms with Crippen molar-refractivity contribution in [3.05, 3.63) is 12.7 Å². The first-order valence-corrected chi connectivity index (χ1v) is 3.17. The molecule has 0 atom stereocenters. The van der Waals surface area contributed by atoms with Crippen molar-refractivity contribution in [3.63, 3.8) is 0 Å². The first kappa shape index (κ1) is 9.73. The Bertz CT molecular complexity index is 181. The Labute approximate surface area is 66.6 Å². The van der Waals surface area contributed by atoms with Gasteiger partial charge in [0.15, 0.2) is 0 Å². The van der Waals surface area contributed by atoms with E-state index in [-0.39, 0.29) is 12.5 Å². The van der Waals surface area contributed by atoms with Crippen LogP contribution < -0.4 is 0 Å². The molecule has 0 fully saturated rings. The fourth-order valence-electron chi connectivity index (χ4n) is 0.473. The second-order valence-electron chi connectivity index (χ2n) is 1.84. The van der Waals surface area contributed by atoms with Crippen LogP contribution in [0.5, 0.6) is 0 Å². The lowest BCUT2D eigenvalue weighted by atomic mass is 10.6. The number of rotatable bonds is 4. The summed E-state index contributed by atoms with van der Waals surface area (Å²) in [5.41, 5.74) is 0. The topological polar surface area (TPSA) is 29.5 Å². The molecule has 0 rings (SSSR count). The summed E-state index contributed by atoms with van der Waals surface area (Å²) in [6.07, 6.45) is 6.54. The van der Waals surface area contributed by atoms with Gasteiger partial charge in [-0.2, -0.15) is 0 Å². The van der Waals surface area contributed by atoms with Gasteiger partial charge in [-0.15, -0.1) is 13.0 Å². The lowest BCUT2D eigenvalue weighted by Gasteiger charge is -2.15. The van der Waals surface area contributed by atoms with Crippen molar-refractivity contribution < 1.29 is 9.63 Å². The molecule has 3 heteroatoms. The molecule has 0 unspecified atom stereocenters. The summed E-state index contributed by atoms with van der Waals surface area (Å²) in [4.78, 5) is 15.6. The summed E-state index contributed by atoms with van der Waals surface area (Å²) < 4.78 is 0. The molecule has 0 aromatic rings. The molecular formula is C8H11NO2. The van der Waals surface area contributed by atoms with E-state index >= 15 is 0 Å². The minimum atomic E-state index is -0.204. The minimum Gasteiger partial charge on any atom is -0.273 e. The molecule has 0 saturated heterocycles. The summed E-state index contributed by atoms with van der Waals surface area (Å²) in [5, 5.41) is 1.11. The number of terminal acetylenes is 1. The molecule has 3 nitrogen and oxygen atoms in total. The van der Waals surface area contributed by atoms with Gasteiger partial charge in [0.1, 0.15) is 6.54 Å². The van der Waals surface area contributed by atoms with Gasteiger partial charge in [0.25, 0.3) is 0 Å². The van der Waals surface area contributed by atoms with Crippen molar-refractivity contribution in [2.24, 2.45) is 0 Å². The molecule has 0 N–H and O–H groups in total. The van der Waals surface area contributed by atoms with E-state index in [0.717, 1.165) is 5.06 Å². The number of nitrogens with zero attached hydrogens (tertiary/aromatic N) is 1. The van der Waals surface area contributed by atoms with Crippen LogP contribution in [0.4, 0.5) is 0 Å². The number of hydrogen-bond donors (Lipinski definition) is 0. The average Bonchev–Trinajstić information content (AvgIpc) is 1.97. The van der Waals surface area contributed by atoms with E-state index in [1.807, 2.05) is 0 Å². The predicted molar refractivity (Wildman–Crippen MR) is 42.4 cm³/mol. The summed E-state index contributed by atoms with van der Waals surface area (Å²) in [6.45, 7) is 5.29. The lowest BCUT2D eigenvalue weighted by Crippen LogP contribution is -2.29. The zero-order valence-corrected chi connectivity index (χ0v) is 6.54. The van der Waals surface area contributed by atoms with E-state index in [1.165, 1.54) is 6.92 Å². The summed E-state index contributed by atoms with van der Waals surface area (Å²) in [7, 11) is 0. The van der Waals surface area contributed by atoms with Gasteiger partial charge >= 0.3 is 0 Å². The van der Waals surface area contributed by atoms with E-state index < -0.39 is 0 Å². The Morgan fingerprint density at radius 3 is 2.91 bits per heavy atom. The summed E-state index contributed by atoms with van der Waals surface area (Å²) >= 11 is 0. The Kier molecular flexibility index (Phi) is 4.87. The van der Waals surface area contributed by atoms with E-state index in [2.05, 4.69) is 12.5 Å². The molecule has 0 aliphatic carbocycles. The maximum absolute atomic E-state index is 10.7. The van der Waals surface area contributed by atoms with Crippen LogP contribution in [0.3, 0.4) is 0 Å². The number of amides is 1. The lowest BCUT2D eigenvalue weighted by molar-refractivity contribution is -0.175. The van der Waals surface area contributed by atoms with Crippen LogP contribution in [0.2, 0.25) is 0 Å². The Morgan fingerprint density at radius 2 is 2.55 bits per heavy atom. The van der Waals surface area contributed by atoms with Crippen molar-refractivity contribution in [2.75, 3.05) is 13.2 Å². The van der Waals surface area contributed by atoms with Crippen molar-refractivity contribution in [3.8, 4) is 12.3 Å². The standard InChI is InChI=1S/C8H11NO2/c1-4-6-9(8(3)10)11-7-5-2/h1,5H,2,6-7H2,3H3. The van der Waals surface area contributed by atoms with Gasteiger partial charge in [0, 0.05) is 6.92 Å².